The molecule has 0 aliphatic heterocycles. The van der Waals surface area contributed by atoms with Gasteiger partial charge in [0.1, 0.15) is 0 Å². The van der Waals surface area contributed by atoms with Crippen LogP contribution < -0.4 is 0 Å². The zero-order valence-electron chi connectivity index (χ0n) is 9.02. The molecule has 0 atom stereocenters. The Morgan fingerprint density at radius 2 is 2.19 bits per heavy atom. The summed E-state index contributed by atoms with van der Waals surface area (Å²) in [6, 6.07) is 3.45. The molecule has 0 spiro atoms. The summed E-state index contributed by atoms with van der Waals surface area (Å²) >= 11 is 1.31. The van der Waals surface area contributed by atoms with Crippen LogP contribution in [0.1, 0.15) is 21.5 Å². The van der Waals surface area contributed by atoms with E-state index < -0.39 is 17.5 Å². The summed E-state index contributed by atoms with van der Waals surface area (Å²) in [6.45, 7) is 3.65. The molecule has 0 amide bonds. The number of esters is 1. The average Bonchev–Trinajstić information content (AvgIpc) is 2.65. The molecule has 1 N–H and O–H groups in total. The number of ether oxygens (including phenoxy) is 1. The van der Waals surface area contributed by atoms with Gasteiger partial charge < -0.3 is 9.84 Å². The highest BCUT2D eigenvalue weighted by Gasteiger charge is 2.12. The van der Waals surface area contributed by atoms with E-state index in [-0.39, 0.29) is 6.61 Å². The summed E-state index contributed by atoms with van der Waals surface area (Å²) in [5.41, 5.74) is 0. The lowest BCUT2D eigenvalue weighted by Gasteiger charge is -1.98. The molecule has 5 heteroatoms. The van der Waals surface area contributed by atoms with Crippen LogP contribution in [0.4, 0.5) is 0 Å². The quantitative estimate of drug-likeness (QED) is 0.379. The third kappa shape index (κ3) is 3.20. The molecule has 16 heavy (non-hydrogen) atoms. The molecule has 1 rings (SSSR count). The van der Waals surface area contributed by atoms with Crippen LogP contribution in [0.3, 0.4) is 0 Å². The van der Waals surface area contributed by atoms with Crippen molar-refractivity contribution >= 4 is 23.1 Å². The minimum atomic E-state index is -0.885. The molecule has 0 saturated carbocycles. The number of aliphatic hydroxyl groups is 1. The summed E-state index contributed by atoms with van der Waals surface area (Å²) in [4.78, 5) is 24.0. The number of aryl methyl sites for hydroxylation is 1. The van der Waals surface area contributed by atoms with Crippen molar-refractivity contribution in [1.82, 2.24) is 0 Å². The van der Waals surface area contributed by atoms with Crippen molar-refractivity contribution in [2.45, 2.75) is 13.8 Å². The van der Waals surface area contributed by atoms with Crippen molar-refractivity contribution in [2.24, 2.45) is 0 Å². The van der Waals surface area contributed by atoms with Crippen molar-refractivity contribution < 1.29 is 19.4 Å². The van der Waals surface area contributed by atoms with Crippen LogP contribution in [-0.4, -0.2) is 23.5 Å². The third-order valence-electron chi connectivity index (χ3n) is 1.74. The molecule has 0 saturated heterocycles. The zero-order valence-corrected chi connectivity index (χ0v) is 9.84. The fourth-order valence-corrected chi connectivity index (χ4v) is 1.80. The summed E-state index contributed by atoms with van der Waals surface area (Å²) in [6.07, 6.45) is 0.878. The molecule has 1 aromatic rings. The first kappa shape index (κ1) is 12.4. The van der Waals surface area contributed by atoms with Gasteiger partial charge in [-0.05, 0) is 26.0 Å². The predicted octanol–water partition coefficient (Wildman–Crippen LogP) is 2.24. The van der Waals surface area contributed by atoms with Gasteiger partial charge in [0.25, 0.3) is 0 Å². The van der Waals surface area contributed by atoms with E-state index in [1.54, 1.807) is 19.1 Å². The second kappa shape index (κ2) is 5.46. The van der Waals surface area contributed by atoms with Crippen molar-refractivity contribution in [2.75, 3.05) is 6.61 Å². The number of carbonyl (C=O) groups is 2. The standard InChI is InChI=1S/C11H12O4S/c1-3-15-11(14)9(13)6-8(12)10-5-4-7(2)16-10/h4-6,13H,3H2,1-2H3. The summed E-state index contributed by atoms with van der Waals surface area (Å²) < 4.78 is 4.54. The van der Waals surface area contributed by atoms with Gasteiger partial charge in [-0.1, -0.05) is 0 Å². The van der Waals surface area contributed by atoms with E-state index >= 15 is 0 Å². The average molecular weight is 240 g/mol. The molecule has 1 heterocycles. The van der Waals surface area contributed by atoms with Crippen LogP contribution in [0.25, 0.3) is 0 Å². The van der Waals surface area contributed by atoms with Gasteiger partial charge in [0.15, 0.2) is 5.78 Å². The van der Waals surface area contributed by atoms with E-state index in [2.05, 4.69) is 4.74 Å². The first-order chi connectivity index (χ1) is 7.54. The van der Waals surface area contributed by atoms with Crippen molar-refractivity contribution in [1.29, 1.82) is 0 Å². The number of aliphatic hydroxyl groups excluding tert-OH is 1. The minimum Gasteiger partial charge on any atom is -0.502 e. The van der Waals surface area contributed by atoms with E-state index in [0.717, 1.165) is 11.0 Å². The summed E-state index contributed by atoms with van der Waals surface area (Å²) in [7, 11) is 0. The Balaban J connectivity index is 2.76. The molecule has 0 unspecified atom stereocenters. The maximum Gasteiger partial charge on any atom is 0.373 e. The molecule has 4 nitrogen and oxygen atoms in total. The van der Waals surface area contributed by atoms with Crippen LogP contribution >= 0.6 is 11.3 Å². The van der Waals surface area contributed by atoms with Gasteiger partial charge in [0.2, 0.25) is 5.76 Å². The largest absolute Gasteiger partial charge is 0.502 e. The Kier molecular flexibility index (Phi) is 4.25. The highest BCUT2D eigenvalue weighted by molar-refractivity contribution is 7.14. The summed E-state index contributed by atoms with van der Waals surface area (Å²) in [5.74, 6) is -1.95. The Labute approximate surface area is 97.2 Å². The highest BCUT2D eigenvalue weighted by Crippen LogP contribution is 2.16. The van der Waals surface area contributed by atoms with Gasteiger partial charge in [-0.25, -0.2) is 4.79 Å². The van der Waals surface area contributed by atoms with E-state index in [1.807, 2.05) is 6.92 Å². The van der Waals surface area contributed by atoms with E-state index in [9.17, 15) is 14.7 Å². The fourth-order valence-electron chi connectivity index (χ4n) is 1.03. The Hall–Kier alpha value is -1.62. The molecule has 0 bridgehead atoms. The molecule has 0 aliphatic rings. The van der Waals surface area contributed by atoms with Gasteiger partial charge in [0.05, 0.1) is 11.5 Å². The molecule has 0 radical (unpaired) electrons. The molecule has 86 valence electrons. The van der Waals surface area contributed by atoms with E-state index in [0.29, 0.717) is 4.88 Å². The minimum absolute atomic E-state index is 0.156. The smallest absolute Gasteiger partial charge is 0.373 e. The number of ketones is 1. The lowest BCUT2D eigenvalue weighted by molar-refractivity contribution is -0.141. The topological polar surface area (TPSA) is 63.6 Å². The molecular weight excluding hydrogens is 228 g/mol. The molecule has 0 aromatic carbocycles. The Bertz CT molecular complexity index is 431. The first-order valence-electron chi connectivity index (χ1n) is 4.73. The monoisotopic (exact) mass is 240 g/mol. The van der Waals surface area contributed by atoms with Crippen molar-refractivity contribution in [3.05, 3.63) is 33.7 Å². The molecule has 0 aliphatic carbocycles. The van der Waals surface area contributed by atoms with E-state index in [4.69, 9.17) is 0 Å². The van der Waals surface area contributed by atoms with Crippen molar-refractivity contribution in [3.8, 4) is 0 Å². The highest BCUT2D eigenvalue weighted by atomic mass is 32.1. The van der Waals surface area contributed by atoms with Crippen LogP contribution in [0.15, 0.2) is 24.0 Å². The second-order valence-corrected chi connectivity index (χ2v) is 4.31. The number of hydrogen-bond acceptors (Lipinski definition) is 5. The SMILES string of the molecule is CCOC(=O)C(O)=CC(=O)c1ccc(C)s1. The second-order valence-electron chi connectivity index (χ2n) is 3.02. The third-order valence-corrected chi connectivity index (χ3v) is 2.75. The predicted molar refractivity (Wildman–Crippen MR) is 60.7 cm³/mol. The number of allylic oxidation sites excluding steroid dienone is 1. The Morgan fingerprint density at radius 1 is 1.50 bits per heavy atom. The number of hydrogen-bond donors (Lipinski definition) is 1. The van der Waals surface area contributed by atoms with Crippen LogP contribution in [0.2, 0.25) is 0 Å². The molecule has 0 fully saturated rings. The van der Waals surface area contributed by atoms with Gasteiger partial charge in [0, 0.05) is 11.0 Å². The van der Waals surface area contributed by atoms with Crippen LogP contribution in [0, 0.1) is 6.92 Å². The first-order valence-corrected chi connectivity index (χ1v) is 5.54. The maximum absolute atomic E-state index is 11.5. The summed E-state index contributed by atoms with van der Waals surface area (Å²) in [5, 5.41) is 9.26. The van der Waals surface area contributed by atoms with Gasteiger partial charge in [-0.3, -0.25) is 4.79 Å². The fraction of sp³-hybridized carbons (Fsp3) is 0.273. The van der Waals surface area contributed by atoms with Crippen LogP contribution in [-0.2, 0) is 9.53 Å². The van der Waals surface area contributed by atoms with Gasteiger partial charge in [-0.15, -0.1) is 11.3 Å². The Morgan fingerprint density at radius 3 is 2.69 bits per heavy atom. The lowest BCUT2D eigenvalue weighted by atomic mass is 10.3. The van der Waals surface area contributed by atoms with Crippen LogP contribution in [0.5, 0.6) is 0 Å². The van der Waals surface area contributed by atoms with Crippen molar-refractivity contribution in [3.63, 3.8) is 0 Å². The zero-order chi connectivity index (χ0) is 12.1. The maximum atomic E-state index is 11.5. The number of rotatable bonds is 4. The normalized spacial score (nSPS) is 11.2. The van der Waals surface area contributed by atoms with Gasteiger partial charge >= 0.3 is 5.97 Å². The lowest BCUT2D eigenvalue weighted by Crippen LogP contribution is -2.08. The number of carbonyl (C=O) groups excluding carboxylic acids is 2. The van der Waals surface area contributed by atoms with Gasteiger partial charge in [-0.2, -0.15) is 0 Å². The molecule has 1 aromatic heterocycles. The number of thiophene rings is 1. The molecular formula is C11H12O4S. The van der Waals surface area contributed by atoms with E-state index in [1.165, 1.54) is 11.3 Å².